The highest BCUT2D eigenvalue weighted by atomic mass is 35.5. The van der Waals surface area contributed by atoms with Crippen molar-refractivity contribution in [1.29, 1.82) is 0 Å². The first kappa shape index (κ1) is 14.8. The second-order valence-corrected chi connectivity index (χ2v) is 4.57. The number of hydrogen-bond acceptors (Lipinski definition) is 3. The Labute approximate surface area is 127 Å². The van der Waals surface area contributed by atoms with E-state index in [1.165, 1.54) is 18.2 Å². The molecule has 2 rings (SSSR count). The number of halogens is 1. The lowest BCUT2D eigenvalue weighted by atomic mass is 10.2. The molecule has 0 aliphatic rings. The smallest absolute Gasteiger partial charge is 0.255 e. The van der Waals surface area contributed by atoms with Gasteiger partial charge in [0.1, 0.15) is 18.1 Å². The van der Waals surface area contributed by atoms with Crippen molar-refractivity contribution in [3.8, 4) is 23.8 Å². The van der Waals surface area contributed by atoms with Crippen LogP contribution < -0.4 is 10.1 Å². The number of ether oxygens (including phenoxy) is 1. The van der Waals surface area contributed by atoms with Crippen molar-refractivity contribution in [3.05, 3.63) is 53.1 Å². The van der Waals surface area contributed by atoms with Crippen molar-refractivity contribution >= 4 is 23.2 Å². The molecule has 2 N–H and O–H groups in total. The quantitative estimate of drug-likeness (QED) is 0.673. The van der Waals surface area contributed by atoms with Crippen LogP contribution in [0.1, 0.15) is 10.4 Å². The van der Waals surface area contributed by atoms with Gasteiger partial charge in [0.15, 0.2) is 0 Å². The fourth-order valence-corrected chi connectivity index (χ4v) is 1.80. The van der Waals surface area contributed by atoms with Crippen LogP contribution in [-0.4, -0.2) is 17.6 Å². The van der Waals surface area contributed by atoms with Crippen molar-refractivity contribution in [3.63, 3.8) is 0 Å². The highest BCUT2D eigenvalue weighted by molar-refractivity contribution is 6.31. The summed E-state index contributed by atoms with van der Waals surface area (Å²) >= 11 is 5.82. The number of phenols is 1. The lowest BCUT2D eigenvalue weighted by Gasteiger charge is -2.08. The van der Waals surface area contributed by atoms with E-state index >= 15 is 0 Å². The van der Waals surface area contributed by atoms with Gasteiger partial charge in [0.2, 0.25) is 0 Å². The number of amides is 1. The minimum Gasteiger partial charge on any atom is -0.506 e. The lowest BCUT2D eigenvalue weighted by Crippen LogP contribution is -2.11. The van der Waals surface area contributed by atoms with Crippen LogP contribution in [0.2, 0.25) is 5.02 Å². The minimum atomic E-state index is -0.365. The second kappa shape index (κ2) is 6.69. The third-order valence-corrected chi connectivity index (χ3v) is 2.88. The summed E-state index contributed by atoms with van der Waals surface area (Å²) in [4.78, 5) is 12.1. The molecule has 4 nitrogen and oxygen atoms in total. The monoisotopic (exact) mass is 301 g/mol. The van der Waals surface area contributed by atoms with E-state index < -0.39 is 0 Å². The molecule has 0 radical (unpaired) electrons. The van der Waals surface area contributed by atoms with Crippen molar-refractivity contribution in [2.75, 3.05) is 11.9 Å². The Morgan fingerprint density at radius 1 is 1.29 bits per heavy atom. The molecule has 0 unspecified atom stereocenters. The average molecular weight is 302 g/mol. The van der Waals surface area contributed by atoms with Crippen molar-refractivity contribution in [2.24, 2.45) is 0 Å². The number of nitrogens with one attached hydrogen (secondary N) is 1. The number of anilines is 1. The predicted octanol–water partition coefficient (Wildman–Crippen LogP) is 3.31. The summed E-state index contributed by atoms with van der Waals surface area (Å²) in [6.07, 6.45) is 5.09. The number of carbonyl (C=O) groups is 1. The van der Waals surface area contributed by atoms with Gasteiger partial charge in [0, 0.05) is 10.6 Å². The molecule has 0 aliphatic carbocycles. The van der Waals surface area contributed by atoms with E-state index in [0.717, 1.165) is 0 Å². The maximum absolute atomic E-state index is 12.1. The van der Waals surface area contributed by atoms with E-state index in [1.807, 2.05) is 0 Å². The number of carbonyl (C=O) groups excluding carboxylic acids is 1. The first-order chi connectivity index (χ1) is 10.1. The van der Waals surface area contributed by atoms with Crippen LogP contribution in [0.4, 0.5) is 5.69 Å². The van der Waals surface area contributed by atoms with E-state index in [1.54, 1.807) is 24.3 Å². The van der Waals surface area contributed by atoms with E-state index in [4.69, 9.17) is 22.8 Å². The Kier molecular flexibility index (Phi) is 4.70. The summed E-state index contributed by atoms with van der Waals surface area (Å²) in [6.45, 7) is 0.169. The first-order valence-corrected chi connectivity index (χ1v) is 6.44. The number of rotatable bonds is 4. The molecule has 0 bridgehead atoms. The zero-order chi connectivity index (χ0) is 15.2. The number of aromatic hydroxyl groups is 1. The maximum Gasteiger partial charge on any atom is 0.255 e. The number of terminal acetylenes is 1. The van der Waals surface area contributed by atoms with Gasteiger partial charge >= 0.3 is 0 Å². The van der Waals surface area contributed by atoms with Gasteiger partial charge in [-0.2, -0.15) is 0 Å². The molecule has 0 saturated heterocycles. The summed E-state index contributed by atoms with van der Waals surface area (Å²) in [5, 5.41) is 12.7. The topological polar surface area (TPSA) is 58.6 Å². The SMILES string of the molecule is C#CCOc1ccc(C(=O)Nc2cc(Cl)ccc2O)cc1. The molecular formula is C16H12ClNO3. The summed E-state index contributed by atoms with van der Waals surface area (Å²) in [7, 11) is 0. The van der Waals surface area contributed by atoms with Gasteiger partial charge in [0.05, 0.1) is 5.69 Å². The van der Waals surface area contributed by atoms with Crippen LogP contribution >= 0.6 is 11.6 Å². The predicted molar refractivity (Wildman–Crippen MR) is 81.8 cm³/mol. The fraction of sp³-hybridized carbons (Fsp3) is 0.0625. The van der Waals surface area contributed by atoms with Crippen LogP contribution in [0.15, 0.2) is 42.5 Å². The van der Waals surface area contributed by atoms with Crippen molar-refractivity contribution in [1.82, 2.24) is 0 Å². The van der Waals surface area contributed by atoms with Crippen LogP contribution in [0.25, 0.3) is 0 Å². The molecule has 0 aromatic heterocycles. The normalized spacial score (nSPS) is 9.71. The summed E-state index contributed by atoms with van der Waals surface area (Å²) < 4.78 is 5.22. The van der Waals surface area contributed by atoms with Gasteiger partial charge in [-0.05, 0) is 42.5 Å². The molecule has 0 aliphatic heterocycles. The van der Waals surface area contributed by atoms with Crippen molar-refractivity contribution in [2.45, 2.75) is 0 Å². The highest BCUT2D eigenvalue weighted by Gasteiger charge is 2.09. The molecule has 5 heteroatoms. The third kappa shape index (κ3) is 3.91. The third-order valence-electron chi connectivity index (χ3n) is 2.65. The second-order valence-electron chi connectivity index (χ2n) is 4.13. The molecule has 21 heavy (non-hydrogen) atoms. The number of phenolic OH excluding ortho intramolecular Hbond substituents is 1. The van der Waals surface area contributed by atoms with E-state index in [2.05, 4.69) is 11.2 Å². The van der Waals surface area contributed by atoms with E-state index in [9.17, 15) is 9.90 Å². The maximum atomic E-state index is 12.1. The van der Waals surface area contributed by atoms with E-state index in [0.29, 0.717) is 16.3 Å². The fourth-order valence-electron chi connectivity index (χ4n) is 1.63. The zero-order valence-corrected chi connectivity index (χ0v) is 11.7. The molecule has 0 heterocycles. The Hall–Kier alpha value is -2.64. The largest absolute Gasteiger partial charge is 0.506 e. The molecule has 106 valence electrons. The van der Waals surface area contributed by atoms with Gasteiger partial charge in [-0.25, -0.2) is 0 Å². The molecule has 0 saturated carbocycles. The van der Waals surface area contributed by atoms with Crippen LogP contribution in [-0.2, 0) is 0 Å². The zero-order valence-electron chi connectivity index (χ0n) is 11.0. The van der Waals surface area contributed by atoms with E-state index in [-0.39, 0.29) is 24.0 Å². The summed E-state index contributed by atoms with van der Waals surface area (Å²) in [5.74, 6) is 2.52. The van der Waals surface area contributed by atoms with Crippen molar-refractivity contribution < 1.29 is 14.6 Å². The van der Waals surface area contributed by atoms with Crippen LogP contribution in [0.3, 0.4) is 0 Å². The number of hydrogen-bond donors (Lipinski definition) is 2. The molecule has 2 aromatic rings. The molecule has 0 spiro atoms. The molecular weight excluding hydrogens is 290 g/mol. The van der Waals surface area contributed by atoms with Gasteiger partial charge in [-0.1, -0.05) is 17.5 Å². The molecule has 2 aromatic carbocycles. The van der Waals surface area contributed by atoms with Crippen LogP contribution in [0, 0.1) is 12.3 Å². The Morgan fingerprint density at radius 2 is 2.00 bits per heavy atom. The minimum absolute atomic E-state index is 0.0540. The Morgan fingerprint density at radius 3 is 2.67 bits per heavy atom. The standard InChI is InChI=1S/C16H12ClNO3/c1-2-9-21-13-6-3-11(4-7-13)16(20)18-14-10-12(17)5-8-15(14)19/h1,3-8,10,19H,9H2,(H,18,20). The molecule has 1 amide bonds. The van der Waals surface area contributed by atoms with Gasteiger partial charge in [-0.3, -0.25) is 4.79 Å². The van der Waals surface area contributed by atoms with Gasteiger partial charge < -0.3 is 15.2 Å². The van der Waals surface area contributed by atoms with Crippen LogP contribution in [0.5, 0.6) is 11.5 Å². The van der Waals surface area contributed by atoms with Gasteiger partial charge in [0.25, 0.3) is 5.91 Å². The molecule has 0 atom stereocenters. The lowest BCUT2D eigenvalue weighted by molar-refractivity contribution is 0.102. The van der Waals surface area contributed by atoms with Gasteiger partial charge in [-0.15, -0.1) is 6.42 Å². The Bertz CT molecular complexity index is 690. The summed E-state index contributed by atoms with van der Waals surface area (Å²) in [6, 6.07) is 10.9. The number of benzene rings is 2. The highest BCUT2D eigenvalue weighted by Crippen LogP contribution is 2.27. The molecule has 0 fully saturated rings. The Balaban J connectivity index is 2.10. The first-order valence-electron chi connectivity index (χ1n) is 6.06. The average Bonchev–Trinajstić information content (AvgIpc) is 2.49. The summed E-state index contributed by atoms with van der Waals surface area (Å²) in [5.41, 5.74) is 0.669.